The summed E-state index contributed by atoms with van der Waals surface area (Å²) in [6.45, 7) is 2.72. The molecule has 1 fully saturated rings. The highest BCUT2D eigenvalue weighted by atomic mass is 32.1. The summed E-state index contributed by atoms with van der Waals surface area (Å²) in [5, 5.41) is 2.03. The van der Waals surface area contributed by atoms with Gasteiger partial charge in [-0.25, -0.2) is 0 Å². The predicted molar refractivity (Wildman–Crippen MR) is 79.2 cm³/mol. The number of aryl methyl sites for hydroxylation is 1. The van der Waals surface area contributed by atoms with E-state index in [1.807, 2.05) is 23.3 Å². The van der Waals surface area contributed by atoms with Gasteiger partial charge in [0.05, 0.1) is 6.04 Å². The van der Waals surface area contributed by atoms with Crippen molar-refractivity contribution in [3.05, 3.63) is 56.1 Å². The molecule has 0 saturated carbocycles. The van der Waals surface area contributed by atoms with Crippen molar-refractivity contribution in [1.29, 1.82) is 0 Å². The number of nitrogens with zero attached hydrogens (tertiary/aromatic N) is 1. The normalized spacial score (nSPS) is 17.9. The number of amides is 1. The standard InChI is InChI=1S/C15H16N2O2S/c1-2-11-8-10(9-14(18)16-11)15(19)17-6-5-12(17)13-4-3-7-20-13/h3-4,7-9,12H,2,5-6H2,1H3,(H,16,18). The number of H-pyrrole nitrogens is 1. The van der Waals surface area contributed by atoms with Crippen LogP contribution in [0.15, 0.2) is 34.4 Å². The molecule has 1 saturated heterocycles. The van der Waals surface area contributed by atoms with Crippen molar-refractivity contribution >= 4 is 17.2 Å². The molecule has 2 aromatic heterocycles. The van der Waals surface area contributed by atoms with Gasteiger partial charge in [-0.05, 0) is 30.4 Å². The fourth-order valence-electron chi connectivity index (χ4n) is 2.49. The maximum Gasteiger partial charge on any atom is 0.254 e. The first-order chi connectivity index (χ1) is 9.69. The van der Waals surface area contributed by atoms with E-state index in [-0.39, 0.29) is 17.5 Å². The molecular weight excluding hydrogens is 272 g/mol. The Bertz CT molecular complexity index is 675. The first-order valence-corrected chi connectivity index (χ1v) is 7.64. The van der Waals surface area contributed by atoms with Gasteiger partial charge in [0.2, 0.25) is 5.56 Å². The van der Waals surface area contributed by atoms with E-state index < -0.39 is 0 Å². The van der Waals surface area contributed by atoms with Crippen molar-refractivity contribution in [1.82, 2.24) is 9.88 Å². The number of aromatic amines is 1. The lowest BCUT2D eigenvalue weighted by atomic mass is 9.99. The molecule has 1 N–H and O–H groups in total. The van der Waals surface area contributed by atoms with Crippen molar-refractivity contribution in [3.63, 3.8) is 0 Å². The van der Waals surface area contributed by atoms with E-state index in [4.69, 9.17) is 0 Å². The van der Waals surface area contributed by atoms with E-state index in [2.05, 4.69) is 11.1 Å². The van der Waals surface area contributed by atoms with Crippen LogP contribution in [0.1, 0.15) is 40.3 Å². The zero-order valence-electron chi connectivity index (χ0n) is 11.3. The average molecular weight is 288 g/mol. The van der Waals surface area contributed by atoms with Gasteiger partial charge in [-0.15, -0.1) is 11.3 Å². The van der Waals surface area contributed by atoms with Crippen LogP contribution in [0.2, 0.25) is 0 Å². The molecule has 2 aromatic rings. The number of rotatable bonds is 3. The molecule has 1 atom stereocenters. The van der Waals surface area contributed by atoms with Crippen LogP contribution in [0.5, 0.6) is 0 Å². The molecule has 0 radical (unpaired) electrons. The lowest BCUT2D eigenvalue weighted by Crippen LogP contribution is -2.45. The van der Waals surface area contributed by atoms with Crippen LogP contribution < -0.4 is 5.56 Å². The van der Waals surface area contributed by atoms with Gasteiger partial charge in [-0.2, -0.15) is 0 Å². The number of aromatic nitrogens is 1. The zero-order chi connectivity index (χ0) is 14.1. The van der Waals surface area contributed by atoms with Gasteiger partial charge >= 0.3 is 0 Å². The Morgan fingerprint density at radius 2 is 2.35 bits per heavy atom. The monoisotopic (exact) mass is 288 g/mol. The minimum absolute atomic E-state index is 0.0459. The number of carbonyl (C=O) groups is 1. The second kappa shape index (κ2) is 5.25. The number of carbonyl (C=O) groups excluding carboxylic acids is 1. The quantitative estimate of drug-likeness (QED) is 0.943. The molecule has 3 rings (SSSR count). The molecule has 4 nitrogen and oxygen atoms in total. The molecule has 104 valence electrons. The molecule has 1 amide bonds. The summed E-state index contributed by atoms with van der Waals surface area (Å²) in [6, 6.07) is 7.42. The fourth-order valence-corrected chi connectivity index (χ4v) is 3.36. The number of pyridine rings is 1. The van der Waals surface area contributed by atoms with Gasteiger partial charge in [0.1, 0.15) is 0 Å². The number of nitrogens with one attached hydrogen (secondary N) is 1. The van der Waals surface area contributed by atoms with Crippen molar-refractivity contribution in [2.75, 3.05) is 6.54 Å². The second-order valence-electron chi connectivity index (χ2n) is 4.93. The van der Waals surface area contributed by atoms with Gasteiger partial charge in [-0.3, -0.25) is 9.59 Å². The average Bonchev–Trinajstić information content (AvgIpc) is 2.90. The summed E-state index contributed by atoms with van der Waals surface area (Å²) in [5.41, 5.74) is 1.09. The summed E-state index contributed by atoms with van der Waals surface area (Å²) in [6.07, 6.45) is 1.71. The Hall–Kier alpha value is -1.88. The van der Waals surface area contributed by atoms with E-state index >= 15 is 0 Å². The van der Waals surface area contributed by atoms with Crippen LogP contribution >= 0.6 is 11.3 Å². The van der Waals surface area contributed by atoms with Crippen molar-refractivity contribution in [2.45, 2.75) is 25.8 Å². The van der Waals surface area contributed by atoms with Gasteiger partial charge in [0, 0.05) is 28.7 Å². The van der Waals surface area contributed by atoms with Gasteiger partial charge in [-0.1, -0.05) is 13.0 Å². The molecule has 0 spiro atoms. The molecule has 5 heteroatoms. The van der Waals surface area contributed by atoms with E-state index in [0.717, 1.165) is 18.7 Å². The molecule has 20 heavy (non-hydrogen) atoms. The summed E-state index contributed by atoms with van der Waals surface area (Å²) in [4.78, 5) is 29.9. The van der Waals surface area contributed by atoms with Crippen LogP contribution in [0, 0.1) is 0 Å². The summed E-state index contributed by atoms with van der Waals surface area (Å²) in [5.74, 6) is -0.0459. The van der Waals surface area contributed by atoms with Gasteiger partial charge in [0.15, 0.2) is 0 Å². The maximum absolute atomic E-state index is 12.5. The third kappa shape index (κ3) is 2.29. The minimum atomic E-state index is -0.208. The zero-order valence-corrected chi connectivity index (χ0v) is 12.1. The maximum atomic E-state index is 12.5. The van der Waals surface area contributed by atoms with Crippen molar-refractivity contribution in [3.8, 4) is 0 Å². The van der Waals surface area contributed by atoms with Crippen LogP contribution in [0.4, 0.5) is 0 Å². The molecule has 1 aliphatic rings. The number of hydrogen-bond acceptors (Lipinski definition) is 3. The Morgan fingerprint density at radius 1 is 1.50 bits per heavy atom. The van der Waals surface area contributed by atoms with E-state index in [0.29, 0.717) is 12.0 Å². The Balaban J connectivity index is 1.86. The number of thiophene rings is 1. The smallest absolute Gasteiger partial charge is 0.254 e. The number of likely N-dealkylation sites (tertiary alicyclic amines) is 1. The first-order valence-electron chi connectivity index (χ1n) is 6.76. The summed E-state index contributed by atoms with van der Waals surface area (Å²) in [7, 11) is 0. The largest absolute Gasteiger partial charge is 0.331 e. The minimum Gasteiger partial charge on any atom is -0.331 e. The van der Waals surface area contributed by atoms with Crippen LogP contribution in [-0.2, 0) is 6.42 Å². The second-order valence-corrected chi connectivity index (χ2v) is 5.91. The van der Waals surface area contributed by atoms with Crippen LogP contribution in [0.3, 0.4) is 0 Å². The lowest BCUT2D eigenvalue weighted by Gasteiger charge is -2.40. The van der Waals surface area contributed by atoms with Gasteiger partial charge < -0.3 is 9.88 Å². The molecule has 3 heterocycles. The third-order valence-electron chi connectivity index (χ3n) is 3.68. The Kier molecular flexibility index (Phi) is 3.44. The molecular formula is C15H16N2O2S. The van der Waals surface area contributed by atoms with Crippen LogP contribution in [0.25, 0.3) is 0 Å². The van der Waals surface area contributed by atoms with Gasteiger partial charge in [0.25, 0.3) is 5.91 Å². The highest BCUT2D eigenvalue weighted by Crippen LogP contribution is 2.36. The topological polar surface area (TPSA) is 53.2 Å². The van der Waals surface area contributed by atoms with Crippen molar-refractivity contribution < 1.29 is 4.79 Å². The molecule has 1 aliphatic heterocycles. The van der Waals surface area contributed by atoms with E-state index in [1.165, 1.54) is 10.9 Å². The van der Waals surface area contributed by atoms with Crippen LogP contribution in [-0.4, -0.2) is 22.3 Å². The molecule has 1 unspecified atom stereocenters. The van der Waals surface area contributed by atoms with Crippen molar-refractivity contribution in [2.24, 2.45) is 0 Å². The SMILES string of the molecule is CCc1cc(C(=O)N2CCC2c2cccs2)cc(=O)[nH]1. The third-order valence-corrected chi connectivity index (χ3v) is 4.65. The first kappa shape index (κ1) is 13.1. The Labute approximate surface area is 121 Å². The molecule has 0 aliphatic carbocycles. The van der Waals surface area contributed by atoms with E-state index in [1.54, 1.807) is 17.4 Å². The van der Waals surface area contributed by atoms with E-state index in [9.17, 15) is 9.59 Å². The fraction of sp³-hybridized carbons (Fsp3) is 0.333. The lowest BCUT2D eigenvalue weighted by molar-refractivity contribution is 0.0467. The molecule has 0 aromatic carbocycles. The Morgan fingerprint density at radius 3 is 2.95 bits per heavy atom. The highest BCUT2D eigenvalue weighted by Gasteiger charge is 2.34. The summed E-state index contributed by atoms with van der Waals surface area (Å²) >= 11 is 1.67. The molecule has 0 bridgehead atoms. The summed E-state index contributed by atoms with van der Waals surface area (Å²) < 4.78 is 0. The predicted octanol–water partition coefficient (Wildman–Crippen LogP) is 2.59. The highest BCUT2D eigenvalue weighted by molar-refractivity contribution is 7.10. The number of hydrogen-bond donors (Lipinski definition) is 1.